The number of nitrogens with zero attached hydrogens (tertiary/aromatic N) is 2. The zero-order valence-corrected chi connectivity index (χ0v) is 19.5. The van der Waals surface area contributed by atoms with E-state index in [1.54, 1.807) is 34.5 Å². The summed E-state index contributed by atoms with van der Waals surface area (Å²) in [6.45, 7) is 1.89. The number of amides is 2. The van der Waals surface area contributed by atoms with Crippen molar-refractivity contribution in [2.75, 3.05) is 27.6 Å². The fourth-order valence-electron chi connectivity index (χ4n) is 3.74. The molecule has 2 amide bonds. The standard InChI is InChI=1S/C23H22FN3O4S2/c1-16-14-17(10-11-19(16)26-12-4-8-22(26)29)25-21(28)15-27(20-7-3-2-6-18(20)24)33(30,31)23-9-5-13-32-23/h2-3,5-7,9-11,13-14H,4,8,12,15H2,1H3,(H,25,28). The van der Waals surface area contributed by atoms with E-state index in [0.29, 0.717) is 18.7 Å². The summed E-state index contributed by atoms with van der Waals surface area (Å²) in [5, 5.41) is 4.28. The molecule has 33 heavy (non-hydrogen) atoms. The number of carbonyl (C=O) groups excluding carboxylic acids is 2. The molecule has 0 unspecified atom stereocenters. The van der Waals surface area contributed by atoms with Gasteiger partial charge in [-0.1, -0.05) is 18.2 Å². The van der Waals surface area contributed by atoms with Crippen molar-refractivity contribution < 1.29 is 22.4 Å². The van der Waals surface area contributed by atoms with Crippen molar-refractivity contribution >= 4 is 50.2 Å². The van der Waals surface area contributed by atoms with Gasteiger partial charge in [0.1, 0.15) is 16.6 Å². The van der Waals surface area contributed by atoms with Crippen molar-refractivity contribution in [3.8, 4) is 0 Å². The first-order valence-electron chi connectivity index (χ1n) is 10.3. The molecule has 2 heterocycles. The molecule has 0 bridgehead atoms. The smallest absolute Gasteiger partial charge is 0.274 e. The average Bonchev–Trinajstić information content (AvgIpc) is 3.45. The molecule has 0 saturated carbocycles. The van der Waals surface area contributed by atoms with Crippen molar-refractivity contribution in [1.29, 1.82) is 0 Å². The molecule has 7 nitrogen and oxygen atoms in total. The number of sulfonamides is 1. The maximum atomic E-state index is 14.5. The summed E-state index contributed by atoms with van der Waals surface area (Å²) in [4.78, 5) is 26.6. The average molecular weight is 488 g/mol. The molecule has 0 radical (unpaired) electrons. The highest BCUT2D eigenvalue weighted by Crippen LogP contribution is 2.30. The number of halogens is 1. The van der Waals surface area contributed by atoms with Gasteiger partial charge in [-0.2, -0.15) is 0 Å². The van der Waals surface area contributed by atoms with Crippen molar-refractivity contribution in [3.63, 3.8) is 0 Å². The molecular formula is C23H22FN3O4S2. The Kier molecular flexibility index (Phi) is 6.48. The first-order valence-corrected chi connectivity index (χ1v) is 12.6. The largest absolute Gasteiger partial charge is 0.325 e. The van der Waals surface area contributed by atoms with E-state index >= 15 is 0 Å². The van der Waals surface area contributed by atoms with E-state index in [1.165, 1.54) is 24.3 Å². The van der Waals surface area contributed by atoms with Crippen molar-refractivity contribution in [3.05, 3.63) is 71.4 Å². The Balaban J connectivity index is 1.57. The third-order valence-electron chi connectivity index (χ3n) is 5.29. The molecule has 1 N–H and O–H groups in total. The van der Waals surface area contributed by atoms with E-state index < -0.39 is 28.3 Å². The molecule has 1 aliphatic heterocycles. The number of aryl methyl sites for hydroxylation is 1. The van der Waals surface area contributed by atoms with Gasteiger partial charge in [0.25, 0.3) is 10.0 Å². The molecular weight excluding hydrogens is 465 g/mol. The molecule has 0 atom stereocenters. The summed E-state index contributed by atoms with van der Waals surface area (Å²) in [6.07, 6.45) is 1.32. The Morgan fingerprint density at radius 3 is 2.61 bits per heavy atom. The van der Waals surface area contributed by atoms with Crippen LogP contribution in [0.5, 0.6) is 0 Å². The van der Waals surface area contributed by atoms with E-state index in [4.69, 9.17) is 0 Å². The Morgan fingerprint density at radius 1 is 1.18 bits per heavy atom. The molecule has 1 saturated heterocycles. The number of rotatable bonds is 7. The predicted octanol–water partition coefficient (Wildman–Crippen LogP) is 4.16. The number of carbonyl (C=O) groups is 2. The minimum atomic E-state index is -4.15. The highest BCUT2D eigenvalue weighted by Gasteiger charge is 2.30. The highest BCUT2D eigenvalue weighted by atomic mass is 32.2. The lowest BCUT2D eigenvalue weighted by Crippen LogP contribution is -2.38. The van der Waals surface area contributed by atoms with Gasteiger partial charge >= 0.3 is 0 Å². The molecule has 4 rings (SSSR count). The van der Waals surface area contributed by atoms with Crippen LogP contribution in [-0.2, 0) is 19.6 Å². The fourth-order valence-corrected chi connectivity index (χ4v) is 6.28. The summed E-state index contributed by atoms with van der Waals surface area (Å²) in [5.41, 5.74) is 1.83. The second-order valence-electron chi connectivity index (χ2n) is 7.59. The van der Waals surface area contributed by atoms with Gasteiger partial charge in [-0.05, 0) is 60.7 Å². The van der Waals surface area contributed by atoms with Crippen LogP contribution in [0.15, 0.2) is 64.2 Å². The van der Waals surface area contributed by atoms with Crippen LogP contribution in [0.1, 0.15) is 18.4 Å². The topological polar surface area (TPSA) is 86.8 Å². The third-order valence-corrected chi connectivity index (χ3v) is 8.43. The summed E-state index contributed by atoms with van der Waals surface area (Å²) in [5.74, 6) is -1.31. The second-order valence-corrected chi connectivity index (χ2v) is 10.6. The van der Waals surface area contributed by atoms with Gasteiger partial charge in [-0.15, -0.1) is 11.3 Å². The molecule has 10 heteroatoms. The van der Waals surface area contributed by atoms with Crippen LogP contribution in [-0.4, -0.2) is 33.3 Å². The van der Waals surface area contributed by atoms with Crippen LogP contribution in [0.3, 0.4) is 0 Å². The zero-order valence-electron chi connectivity index (χ0n) is 17.8. The van der Waals surface area contributed by atoms with Gasteiger partial charge < -0.3 is 10.2 Å². The lowest BCUT2D eigenvalue weighted by Gasteiger charge is -2.24. The predicted molar refractivity (Wildman–Crippen MR) is 127 cm³/mol. The lowest BCUT2D eigenvalue weighted by atomic mass is 10.1. The highest BCUT2D eigenvalue weighted by molar-refractivity contribution is 7.94. The second kappa shape index (κ2) is 9.32. The maximum Gasteiger partial charge on any atom is 0.274 e. The molecule has 1 fully saturated rings. The summed E-state index contributed by atoms with van der Waals surface area (Å²) < 4.78 is 41.6. The Bertz CT molecular complexity index is 1290. The van der Waals surface area contributed by atoms with E-state index in [9.17, 15) is 22.4 Å². The van der Waals surface area contributed by atoms with E-state index in [0.717, 1.165) is 39.4 Å². The number of nitrogens with one attached hydrogen (secondary N) is 1. The Morgan fingerprint density at radius 2 is 1.97 bits per heavy atom. The lowest BCUT2D eigenvalue weighted by molar-refractivity contribution is -0.117. The number of benzene rings is 2. The molecule has 2 aromatic carbocycles. The fraction of sp³-hybridized carbons (Fsp3) is 0.217. The van der Waals surface area contributed by atoms with Crippen molar-refractivity contribution in [2.24, 2.45) is 0 Å². The molecule has 0 aliphatic carbocycles. The van der Waals surface area contributed by atoms with E-state index in [-0.39, 0.29) is 15.8 Å². The third kappa shape index (κ3) is 4.76. The van der Waals surface area contributed by atoms with Crippen LogP contribution in [0.25, 0.3) is 0 Å². The number of thiophene rings is 1. The quantitative estimate of drug-likeness (QED) is 0.542. The number of anilines is 3. The van der Waals surface area contributed by atoms with Crippen LogP contribution in [0.2, 0.25) is 0 Å². The van der Waals surface area contributed by atoms with Crippen molar-refractivity contribution in [2.45, 2.75) is 24.0 Å². The summed E-state index contributed by atoms with van der Waals surface area (Å²) in [6, 6.07) is 13.5. The van der Waals surface area contributed by atoms with Gasteiger partial charge in [0, 0.05) is 24.3 Å². The van der Waals surface area contributed by atoms with Gasteiger partial charge in [-0.25, -0.2) is 12.8 Å². The van der Waals surface area contributed by atoms with Crippen LogP contribution in [0.4, 0.5) is 21.5 Å². The monoisotopic (exact) mass is 487 g/mol. The van der Waals surface area contributed by atoms with Gasteiger partial charge in [0.05, 0.1) is 5.69 Å². The first-order chi connectivity index (χ1) is 15.8. The number of hydrogen-bond donors (Lipinski definition) is 1. The van der Waals surface area contributed by atoms with Crippen LogP contribution in [0, 0.1) is 12.7 Å². The van der Waals surface area contributed by atoms with Crippen molar-refractivity contribution in [1.82, 2.24) is 0 Å². The minimum Gasteiger partial charge on any atom is -0.325 e. The molecule has 3 aromatic rings. The van der Waals surface area contributed by atoms with Gasteiger partial charge in [0.15, 0.2) is 0 Å². The molecule has 0 spiro atoms. The van der Waals surface area contributed by atoms with Gasteiger partial charge in [-0.3, -0.25) is 13.9 Å². The Labute approximate surface area is 195 Å². The van der Waals surface area contributed by atoms with Crippen LogP contribution >= 0.6 is 11.3 Å². The number of para-hydroxylation sites is 1. The summed E-state index contributed by atoms with van der Waals surface area (Å²) in [7, 11) is -4.15. The first kappa shape index (κ1) is 22.9. The number of hydrogen-bond acceptors (Lipinski definition) is 5. The zero-order chi connectivity index (χ0) is 23.6. The minimum absolute atomic E-state index is 0.00836. The molecule has 172 valence electrons. The normalized spacial score (nSPS) is 13.9. The van der Waals surface area contributed by atoms with Gasteiger partial charge in [0.2, 0.25) is 11.8 Å². The van der Waals surface area contributed by atoms with Crippen LogP contribution < -0.4 is 14.5 Å². The Hall–Kier alpha value is -3.24. The van der Waals surface area contributed by atoms with E-state index in [1.807, 2.05) is 6.92 Å². The SMILES string of the molecule is Cc1cc(NC(=O)CN(c2ccccc2F)S(=O)(=O)c2cccs2)ccc1N1CCCC1=O. The maximum absolute atomic E-state index is 14.5. The molecule has 1 aliphatic rings. The van der Waals surface area contributed by atoms with E-state index in [2.05, 4.69) is 5.32 Å². The molecule has 1 aromatic heterocycles. The summed E-state index contributed by atoms with van der Waals surface area (Å²) >= 11 is 0.990.